The van der Waals surface area contributed by atoms with Crippen molar-refractivity contribution in [3.63, 3.8) is 0 Å². The fourth-order valence-corrected chi connectivity index (χ4v) is 2.22. The molecule has 1 amide bonds. The summed E-state index contributed by atoms with van der Waals surface area (Å²) < 4.78 is 0. The van der Waals surface area contributed by atoms with Crippen molar-refractivity contribution in [2.24, 2.45) is 0 Å². The number of hydrogen-bond donors (Lipinski definition) is 3. The van der Waals surface area contributed by atoms with Gasteiger partial charge >= 0.3 is 5.97 Å². The third-order valence-corrected chi connectivity index (χ3v) is 3.71. The summed E-state index contributed by atoms with van der Waals surface area (Å²) in [4.78, 5) is 22.6. The van der Waals surface area contributed by atoms with Crippen molar-refractivity contribution in [3.8, 4) is 0 Å². The normalized spacial score (nSPS) is 16.6. The van der Waals surface area contributed by atoms with Crippen LogP contribution in [0.15, 0.2) is 30.3 Å². The van der Waals surface area contributed by atoms with E-state index in [-0.39, 0.29) is 5.91 Å². The summed E-state index contributed by atoms with van der Waals surface area (Å²) in [6.07, 6.45) is 5.36. The number of carbonyl (C=O) groups excluding carboxylic acids is 1. The Balaban J connectivity index is 2.00. The SMILES string of the molecule is CNC1(C(=O)Nc2ccc(/C=C/C(=O)O)cc2)CCC1. The Morgan fingerprint density at radius 3 is 2.35 bits per heavy atom. The van der Waals surface area contributed by atoms with Crippen molar-refractivity contribution in [1.82, 2.24) is 5.32 Å². The zero-order valence-corrected chi connectivity index (χ0v) is 11.3. The molecule has 5 heteroatoms. The highest BCUT2D eigenvalue weighted by Gasteiger charge is 2.42. The number of carboxylic acids is 1. The number of nitrogens with one attached hydrogen (secondary N) is 2. The third kappa shape index (κ3) is 3.05. The van der Waals surface area contributed by atoms with Gasteiger partial charge in [-0.05, 0) is 50.1 Å². The largest absolute Gasteiger partial charge is 0.478 e. The molecule has 1 aromatic carbocycles. The molecule has 0 aromatic heterocycles. The first-order valence-electron chi connectivity index (χ1n) is 6.57. The Labute approximate surface area is 117 Å². The molecule has 20 heavy (non-hydrogen) atoms. The van der Waals surface area contributed by atoms with Gasteiger partial charge in [-0.15, -0.1) is 0 Å². The number of carbonyl (C=O) groups is 2. The number of rotatable bonds is 5. The number of likely N-dealkylation sites (N-methyl/N-ethyl adjacent to an activating group) is 1. The molecule has 106 valence electrons. The van der Waals surface area contributed by atoms with Crippen LogP contribution in [0.25, 0.3) is 6.08 Å². The molecule has 1 fully saturated rings. The lowest BCUT2D eigenvalue weighted by molar-refractivity contribution is -0.131. The number of aliphatic carboxylic acids is 1. The molecule has 0 heterocycles. The van der Waals surface area contributed by atoms with Gasteiger partial charge in [-0.25, -0.2) is 4.79 Å². The van der Waals surface area contributed by atoms with E-state index in [2.05, 4.69) is 10.6 Å². The zero-order chi connectivity index (χ0) is 14.6. The first-order valence-corrected chi connectivity index (χ1v) is 6.57. The van der Waals surface area contributed by atoms with Crippen LogP contribution in [0.2, 0.25) is 0 Å². The van der Waals surface area contributed by atoms with E-state index < -0.39 is 11.5 Å². The molecule has 5 nitrogen and oxygen atoms in total. The molecule has 1 aromatic rings. The van der Waals surface area contributed by atoms with Crippen LogP contribution in [0, 0.1) is 0 Å². The molecule has 0 atom stereocenters. The number of benzene rings is 1. The second kappa shape index (κ2) is 5.88. The Hall–Kier alpha value is -2.14. The quantitative estimate of drug-likeness (QED) is 0.716. The van der Waals surface area contributed by atoms with Crippen LogP contribution >= 0.6 is 0 Å². The molecular formula is C15H18N2O3. The van der Waals surface area contributed by atoms with E-state index in [4.69, 9.17) is 5.11 Å². The lowest BCUT2D eigenvalue weighted by Crippen LogP contribution is -2.58. The topological polar surface area (TPSA) is 78.4 Å². The van der Waals surface area contributed by atoms with Crippen LogP contribution < -0.4 is 10.6 Å². The van der Waals surface area contributed by atoms with E-state index in [0.29, 0.717) is 5.69 Å². The Kier molecular flexibility index (Phi) is 4.20. The van der Waals surface area contributed by atoms with Gasteiger partial charge < -0.3 is 15.7 Å². The number of hydrogen-bond acceptors (Lipinski definition) is 3. The van der Waals surface area contributed by atoms with Crippen LogP contribution in [0.5, 0.6) is 0 Å². The second-order valence-electron chi connectivity index (χ2n) is 4.93. The molecule has 1 saturated carbocycles. The average molecular weight is 274 g/mol. The van der Waals surface area contributed by atoms with E-state index in [0.717, 1.165) is 30.9 Å². The van der Waals surface area contributed by atoms with Gasteiger partial charge in [0.15, 0.2) is 0 Å². The second-order valence-corrected chi connectivity index (χ2v) is 4.93. The van der Waals surface area contributed by atoms with Gasteiger partial charge in [0.2, 0.25) is 5.91 Å². The standard InChI is InChI=1S/C15H18N2O3/c1-16-15(9-2-10-15)14(20)17-12-6-3-11(4-7-12)5-8-13(18)19/h3-8,16H,2,9-10H2,1H3,(H,17,20)(H,18,19)/b8-5+. The molecular weight excluding hydrogens is 256 g/mol. The number of anilines is 1. The molecule has 0 radical (unpaired) electrons. The smallest absolute Gasteiger partial charge is 0.328 e. The minimum atomic E-state index is -0.983. The zero-order valence-electron chi connectivity index (χ0n) is 11.3. The summed E-state index contributed by atoms with van der Waals surface area (Å²) in [7, 11) is 1.80. The highest BCUT2D eigenvalue weighted by atomic mass is 16.4. The van der Waals surface area contributed by atoms with Crippen molar-refractivity contribution in [2.75, 3.05) is 12.4 Å². The van der Waals surface area contributed by atoms with Gasteiger partial charge in [0.05, 0.1) is 5.54 Å². The highest BCUT2D eigenvalue weighted by molar-refractivity contribution is 5.98. The van der Waals surface area contributed by atoms with E-state index in [1.807, 2.05) is 0 Å². The predicted octanol–water partition coefficient (Wildman–Crippen LogP) is 1.86. The van der Waals surface area contributed by atoms with Gasteiger partial charge in [0.1, 0.15) is 0 Å². The van der Waals surface area contributed by atoms with Crippen molar-refractivity contribution < 1.29 is 14.7 Å². The lowest BCUT2D eigenvalue weighted by atomic mass is 9.76. The van der Waals surface area contributed by atoms with Crippen molar-refractivity contribution >= 4 is 23.6 Å². The molecule has 0 bridgehead atoms. The molecule has 0 saturated heterocycles. The van der Waals surface area contributed by atoms with Crippen molar-refractivity contribution in [2.45, 2.75) is 24.8 Å². The monoisotopic (exact) mass is 274 g/mol. The molecule has 1 aliphatic carbocycles. The van der Waals surface area contributed by atoms with Crippen LogP contribution in [-0.4, -0.2) is 29.6 Å². The van der Waals surface area contributed by atoms with Crippen molar-refractivity contribution in [3.05, 3.63) is 35.9 Å². The summed E-state index contributed by atoms with van der Waals surface area (Å²) in [5.41, 5.74) is 1.06. The summed E-state index contributed by atoms with van der Waals surface area (Å²) >= 11 is 0. The lowest BCUT2D eigenvalue weighted by Gasteiger charge is -2.39. The minimum Gasteiger partial charge on any atom is -0.478 e. The summed E-state index contributed by atoms with van der Waals surface area (Å²) in [5, 5.41) is 14.5. The minimum absolute atomic E-state index is 0.0138. The number of amides is 1. The van der Waals surface area contributed by atoms with E-state index >= 15 is 0 Å². The maximum atomic E-state index is 12.2. The maximum absolute atomic E-state index is 12.2. The number of carboxylic acid groups (broad SMARTS) is 1. The van der Waals surface area contributed by atoms with Crippen LogP contribution in [0.3, 0.4) is 0 Å². The summed E-state index contributed by atoms with van der Waals surface area (Å²) in [5.74, 6) is -0.997. The molecule has 3 N–H and O–H groups in total. The molecule has 0 unspecified atom stereocenters. The van der Waals surface area contributed by atoms with Crippen LogP contribution in [0.4, 0.5) is 5.69 Å². The molecule has 0 spiro atoms. The predicted molar refractivity (Wildman–Crippen MR) is 77.4 cm³/mol. The van der Waals surface area contributed by atoms with E-state index in [1.54, 1.807) is 31.3 Å². The Morgan fingerprint density at radius 2 is 1.90 bits per heavy atom. The van der Waals surface area contributed by atoms with Crippen molar-refractivity contribution in [1.29, 1.82) is 0 Å². The fourth-order valence-electron chi connectivity index (χ4n) is 2.22. The Bertz CT molecular complexity index is 525. The third-order valence-electron chi connectivity index (χ3n) is 3.71. The average Bonchev–Trinajstić information content (AvgIpc) is 2.37. The van der Waals surface area contributed by atoms with Crippen LogP contribution in [-0.2, 0) is 9.59 Å². The summed E-state index contributed by atoms with van der Waals surface area (Å²) in [6.45, 7) is 0. The maximum Gasteiger partial charge on any atom is 0.328 e. The van der Waals surface area contributed by atoms with E-state index in [9.17, 15) is 9.59 Å². The van der Waals surface area contributed by atoms with Gasteiger partial charge in [0, 0.05) is 11.8 Å². The fraction of sp³-hybridized carbons (Fsp3) is 0.333. The Morgan fingerprint density at radius 1 is 1.25 bits per heavy atom. The molecule has 1 aliphatic rings. The first kappa shape index (κ1) is 14.3. The van der Waals surface area contributed by atoms with Gasteiger partial charge in [-0.2, -0.15) is 0 Å². The van der Waals surface area contributed by atoms with Gasteiger partial charge in [-0.1, -0.05) is 12.1 Å². The van der Waals surface area contributed by atoms with E-state index in [1.165, 1.54) is 6.08 Å². The van der Waals surface area contributed by atoms with Crippen LogP contribution in [0.1, 0.15) is 24.8 Å². The van der Waals surface area contributed by atoms with Gasteiger partial charge in [-0.3, -0.25) is 4.79 Å². The molecule has 0 aliphatic heterocycles. The first-order chi connectivity index (χ1) is 9.55. The van der Waals surface area contributed by atoms with Gasteiger partial charge in [0.25, 0.3) is 0 Å². The molecule has 2 rings (SSSR count). The highest BCUT2D eigenvalue weighted by Crippen LogP contribution is 2.32. The summed E-state index contributed by atoms with van der Waals surface area (Å²) in [6, 6.07) is 7.06.